The molecular formula is C15H17ClN2O3. The van der Waals surface area contributed by atoms with Crippen molar-refractivity contribution in [3.8, 4) is 0 Å². The first kappa shape index (κ1) is 15.4. The Balaban J connectivity index is 2.34. The molecule has 0 aliphatic carbocycles. The Morgan fingerprint density at radius 3 is 2.76 bits per heavy atom. The lowest BCUT2D eigenvalue weighted by molar-refractivity contribution is -0.149. The summed E-state index contributed by atoms with van der Waals surface area (Å²) in [5.41, 5.74) is 0.739. The van der Waals surface area contributed by atoms with Crippen LogP contribution in [0.2, 0.25) is 0 Å². The van der Waals surface area contributed by atoms with Crippen LogP contribution < -0.4 is 5.32 Å². The van der Waals surface area contributed by atoms with E-state index < -0.39 is 17.4 Å². The maximum Gasteiger partial charge on any atom is 0.331 e. The van der Waals surface area contributed by atoms with E-state index in [9.17, 15) is 9.59 Å². The molecule has 112 valence electrons. The summed E-state index contributed by atoms with van der Waals surface area (Å²) < 4.78 is 4.81. The molecule has 2 N–H and O–H groups in total. The lowest BCUT2D eigenvalue weighted by Gasteiger charge is -2.27. The number of methoxy groups -OCH3 is 1. The average Bonchev–Trinajstić information content (AvgIpc) is 2.89. The molecule has 0 bridgehead atoms. The first-order chi connectivity index (χ1) is 10.00. The second kappa shape index (κ2) is 6.18. The number of esters is 1. The lowest BCUT2D eigenvalue weighted by atomic mass is 9.92. The van der Waals surface area contributed by atoms with Crippen molar-refractivity contribution in [2.45, 2.75) is 18.9 Å². The number of benzene rings is 1. The number of carbonyl (C=O) groups is 2. The highest BCUT2D eigenvalue weighted by Crippen LogP contribution is 2.23. The van der Waals surface area contributed by atoms with Crippen molar-refractivity contribution in [3.05, 3.63) is 36.0 Å². The SMILES string of the molecule is COC(=O)[C@](C)(Cc1c[nH]c2ccccc12)NC(=O)CCl. The highest BCUT2D eigenvalue weighted by atomic mass is 35.5. The van der Waals surface area contributed by atoms with Crippen LogP contribution in [0.1, 0.15) is 12.5 Å². The van der Waals surface area contributed by atoms with Crippen LogP contribution in [-0.4, -0.2) is 35.4 Å². The molecule has 21 heavy (non-hydrogen) atoms. The number of aromatic nitrogens is 1. The standard InChI is InChI=1S/C15H17ClN2O3/c1-15(14(20)21-2,18-13(19)8-16)7-10-9-17-12-6-4-3-5-11(10)12/h3-6,9,17H,7-8H2,1-2H3,(H,18,19)/t15-/m0/s1. The minimum absolute atomic E-state index is 0.208. The number of fused-ring (bicyclic) bond motifs is 1. The third kappa shape index (κ3) is 3.19. The first-order valence-electron chi connectivity index (χ1n) is 6.50. The topological polar surface area (TPSA) is 71.2 Å². The molecule has 1 aromatic carbocycles. The molecule has 0 spiro atoms. The molecule has 0 radical (unpaired) electrons. The fourth-order valence-electron chi connectivity index (χ4n) is 2.39. The van der Waals surface area contributed by atoms with E-state index in [1.807, 2.05) is 30.5 Å². The van der Waals surface area contributed by atoms with Crippen LogP contribution in [0, 0.1) is 0 Å². The number of amides is 1. The zero-order valence-corrected chi connectivity index (χ0v) is 12.7. The summed E-state index contributed by atoms with van der Waals surface area (Å²) in [6.07, 6.45) is 2.14. The Morgan fingerprint density at radius 2 is 2.10 bits per heavy atom. The van der Waals surface area contributed by atoms with E-state index in [1.54, 1.807) is 6.92 Å². The Morgan fingerprint density at radius 1 is 1.38 bits per heavy atom. The van der Waals surface area contributed by atoms with Gasteiger partial charge in [-0.05, 0) is 18.6 Å². The third-order valence-corrected chi connectivity index (χ3v) is 3.63. The van der Waals surface area contributed by atoms with Gasteiger partial charge in [0.1, 0.15) is 11.4 Å². The smallest absolute Gasteiger partial charge is 0.331 e. The molecule has 1 atom stereocenters. The van der Waals surface area contributed by atoms with Gasteiger partial charge < -0.3 is 15.0 Å². The number of H-pyrrole nitrogens is 1. The van der Waals surface area contributed by atoms with Crippen LogP contribution in [0.4, 0.5) is 0 Å². The minimum atomic E-state index is -1.16. The highest BCUT2D eigenvalue weighted by Gasteiger charge is 2.36. The number of nitrogens with one attached hydrogen (secondary N) is 2. The van der Waals surface area contributed by atoms with E-state index >= 15 is 0 Å². The Hall–Kier alpha value is -2.01. The Kier molecular flexibility index (Phi) is 4.53. The molecule has 2 rings (SSSR count). The van der Waals surface area contributed by atoms with E-state index in [1.165, 1.54) is 7.11 Å². The van der Waals surface area contributed by atoms with Gasteiger partial charge in [0.25, 0.3) is 0 Å². The summed E-state index contributed by atoms with van der Waals surface area (Å²) in [5, 5.41) is 3.64. The largest absolute Gasteiger partial charge is 0.467 e. The van der Waals surface area contributed by atoms with Gasteiger partial charge in [-0.1, -0.05) is 18.2 Å². The molecule has 2 aromatic rings. The molecule has 1 amide bonds. The number of carbonyl (C=O) groups excluding carboxylic acids is 2. The van der Waals surface area contributed by atoms with Crippen LogP contribution in [0.25, 0.3) is 10.9 Å². The second-order valence-electron chi connectivity index (χ2n) is 5.04. The Labute approximate surface area is 127 Å². The summed E-state index contributed by atoms with van der Waals surface area (Å²) >= 11 is 5.51. The van der Waals surface area contributed by atoms with E-state index in [0.717, 1.165) is 16.5 Å². The number of aromatic amines is 1. The van der Waals surface area contributed by atoms with Crippen LogP contribution in [-0.2, 0) is 20.7 Å². The third-order valence-electron chi connectivity index (χ3n) is 3.39. The summed E-state index contributed by atoms with van der Waals surface area (Å²) in [5.74, 6) is -1.13. The van der Waals surface area contributed by atoms with Crippen molar-refractivity contribution < 1.29 is 14.3 Å². The number of ether oxygens (including phenoxy) is 1. The fourth-order valence-corrected chi connectivity index (χ4v) is 2.46. The van der Waals surface area contributed by atoms with E-state index in [-0.39, 0.29) is 5.88 Å². The highest BCUT2D eigenvalue weighted by molar-refractivity contribution is 6.27. The van der Waals surface area contributed by atoms with Gasteiger partial charge in [-0.3, -0.25) is 4.79 Å². The number of hydrogen-bond acceptors (Lipinski definition) is 3. The summed E-state index contributed by atoms with van der Waals surface area (Å²) in [6.45, 7) is 1.63. The molecule has 0 saturated carbocycles. The predicted molar refractivity (Wildman–Crippen MR) is 81.3 cm³/mol. The van der Waals surface area contributed by atoms with Gasteiger partial charge in [0, 0.05) is 23.5 Å². The number of alkyl halides is 1. The molecule has 0 fully saturated rings. The van der Waals surface area contributed by atoms with Gasteiger partial charge in [-0.25, -0.2) is 4.79 Å². The van der Waals surface area contributed by atoms with Crippen LogP contribution in [0.15, 0.2) is 30.5 Å². The lowest BCUT2D eigenvalue weighted by Crippen LogP contribution is -2.54. The van der Waals surface area contributed by atoms with Crippen molar-refractivity contribution in [1.29, 1.82) is 0 Å². The molecule has 1 aromatic heterocycles. The molecule has 0 aliphatic rings. The van der Waals surface area contributed by atoms with Gasteiger partial charge in [-0.15, -0.1) is 11.6 Å². The molecule has 6 heteroatoms. The van der Waals surface area contributed by atoms with Gasteiger partial charge in [0.2, 0.25) is 5.91 Å². The monoisotopic (exact) mass is 308 g/mol. The number of halogens is 1. The average molecular weight is 309 g/mol. The fraction of sp³-hybridized carbons (Fsp3) is 0.333. The zero-order valence-electron chi connectivity index (χ0n) is 11.9. The zero-order chi connectivity index (χ0) is 15.5. The normalized spacial score (nSPS) is 13.7. The molecule has 1 heterocycles. The summed E-state index contributed by atoms with van der Waals surface area (Å²) in [7, 11) is 1.29. The number of para-hydroxylation sites is 1. The van der Waals surface area contributed by atoms with E-state index in [4.69, 9.17) is 16.3 Å². The van der Waals surface area contributed by atoms with Gasteiger partial charge >= 0.3 is 5.97 Å². The molecule has 5 nitrogen and oxygen atoms in total. The van der Waals surface area contributed by atoms with Gasteiger partial charge in [-0.2, -0.15) is 0 Å². The van der Waals surface area contributed by atoms with Crippen molar-refractivity contribution in [2.75, 3.05) is 13.0 Å². The van der Waals surface area contributed by atoms with E-state index in [0.29, 0.717) is 6.42 Å². The Bertz CT molecular complexity index is 668. The maximum absolute atomic E-state index is 12.1. The molecular weight excluding hydrogens is 292 g/mol. The van der Waals surface area contributed by atoms with Gasteiger partial charge in [0.05, 0.1) is 7.11 Å². The predicted octanol–water partition coefficient (Wildman–Crippen LogP) is 2.00. The number of hydrogen-bond donors (Lipinski definition) is 2. The quantitative estimate of drug-likeness (QED) is 0.655. The summed E-state index contributed by atoms with van der Waals surface area (Å²) in [4.78, 5) is 26.8. The van der Waals surface area contributed by atoms with E-state index in [2.05, 4.69) is 10.3 Å². The molecule has 0 unspecified atom stereocenters. The van der Waals surface area contributed by atoms with Crippen LogP contribution >= 0.6 is 11.6 Å². The molecule has 0 saturated heterocycles. The summed E-state index contributed by atoms with van der Waals surface area (Å²) in [6, 6.07) is 7.76. The second-order valence-corrected chi connectivity index (χ2v) is 5.31. The van der Waals surface area contributed by atoms with Crippen molar-refractivity contribution in [1.82, 2.24) is 10.3 Å². The van der Waals surface area contributed by atoms with Crippen LogP contribution in [0.5, 0.6) is 0 Å². The van der Waals surface area contributed by atoms with Crippen molar-refractivity contribution >= 4 is 34.4 Å². The minimum Gasteiger partial charge on any atom is -0.467 e. The van der Waals surface area contributed by atoms with Crippen molar-refractivity contribution in [2.24, 2.45) is 0 Å². The molecule has 0 aliphatic heterocycles. The number of rotatable bonds is 5. The first-order valence-corrected chi connectivity index (χ1v) is 7.04. The van der Waals surface area contributed by atoms with Gasteiger partial charge in [0.15, 0.2) is 0 Å². The maximum atomic E-state index is 12.1. The van der Waals surface area contributed by atoms with Crippen molar-refractivity contribution in [3.63, 3.8) is 0 Å². The van der Waals surface area contributed by atoms with Crippen LogP contribution in [0.3, 0.4) is 0 Å².